The molecule has 0 saturated heterocycles. The summed E-state index contributed by atoms with van der Waals surface area (Å²) < 4.78 is 5.00. The van der Waals surface area contributed by atoms with Gasteiger partial charge in [0.15, 0.2) is 0 Å². The van der Waals surface area contributed by atoms with E-state index in [0.29, 0.717) is 6.54 Å². The number of hydrogen-bond donors (Lipinski definition) is 1. The Kier molecular flexibility index (Phi) is 1.83. The molecule has 0 amide bonds. The van der Waals surface area contributed by atoms with E-state index in [-0.39, 0.29) is 6.17 Å². The lowest BCUT2D eigenvalue weighted by Gasteiger charge is -2.23. The van der Waals surface area contributed by atoms with Gasteiger partial charge in [-0.15, -0.1) is 0 Å². The van der Waals surface area contributed by atoms with E-state index in [2.05, 4.69) is 9.89 Å². The predicted molar refractivity (Wildman–Crippen MR) is 46.1 cm³/mol. The molecular formula is C8H11N3O. The third-order valence-corrected chi connectivity index (χ3v) is 1.91. The summed E-state index contributed by atoms with van der Waals surface area (Å²) in [6.45, 7) is 0.653. The molecule has 4 heteroatoms. The fraction of sp³-hybridized carbons (Fsp3) is 0.375. The third-order valence-electron chi connectivity index (χ3n) is 1.91. The first-order valence-electron chi connectivity index (χ1n) is 3.95. The summed E-state index contributed by atoms with van der Waals surface area (Å²) in [6.07, 6.45) is 8.05. The molecule has 2 heterocycles. The van der Waals surface area contributed by atoms with Gasteiger partial charge in [-0.25, -0.2) is 0 Å². The monoisotopic (exact) mass is 165 g/mol. The van der Waals surface area contributed by atoms with Crippen LogP contribution < -0.4 is 5.73 Å². The molecule has 64 valence electrons. The minimum absolute atomic E-state index is 0.168. The van der Waals surface area contributed by atoms with Crippen LogP contribution in [0.25, 0.3) is 0 Å². The second kappa shape index (κ2) is 2.98. The van der Waals surface area contributed by atoms with Gasteiger partial charge in [-0.05, 0) is 6.54 Å². The standard InChI is InChI=1S/C8H11N3O/c9-2-1-8-10-5-7-6-12-4-3-11(7)8/h3-6,8H,1-2,9H2. The summed E-state index contributed by atoms with van der Waals surface area (Å²) in [5.74, 6) is 0. The molecule has 0 fully saturated rings. The molecule has 12 heavy (non-hydrogen) atoms. The second-order valence-corrected chi connectivity index (χ2v) is 2.71. The van der Waals surface area contributed by atoms with Crippen molar-refractivity contribution in [3.8, 4) is 0 Å². The minimum Gasteiger partial charge on any atom is -0.469 e. The van der Waals surface area contributed by atoms with Gasteiger partial charge in [0.2, 0.25) is 0 Å². The molecule has 0 spiro atoms. The Morgan fingerprint density at radius 1 is 1.67 bits per heavy atom. The Bertz CT molecular complexity index is 257. The van der Waals surface area contributed by atoms with Gasteiger partial charge in [-0.2, -0.15) is 0 Å². The first kappa shape index (κ1) is 7.36. The molecule has 2 aliphatic rings. The number of nitrogens with zero attached hydrogens (tertiary/aromatic N) is 2. The molecule has 0 aromatic heterocycles. The van der Waals surface area contributed by atoms with Crippen LogP contribution in [0.2, 0.25) is 0 Å². The molecule has 0 aromatic rings. The van der Waals surface area contributed by atoms with E-state index in [0.717, 1.165) is 12.1 Å². The van der Waals surface area contributed by atoms with Crippen molar-refractivity contribution in [2.24, 2.45) is 10.7 Å². The van der Waals surface area contributed by atoms with Crippen molar-refractivity contribution in [2.75, 3.05) is 6.54 Å². The summed E-state index contributed by atoms with van der Waals surface area (Å²) in [6, 6.07) is 0. The topological polar surface area (TPSA) is 50.9 Å². The summed E-state index contributed by atoms with van der Waals surface area (Å²) in [5.41, 5.74) is 6.45. The first-order valence-corrected chi connectivity index (χ1v) is 3.95. The fourth-order valence-corrected chi connectivity index (χ4v) is 1.32. The summed E-state index contributed by atoms with van der Waals surface area (Å²) >= 11 is 0. The number of hydrogen-bond acceptors (Lipinski definition) is 4. The van der Waals surface area contributed by atoms with Gasteiger partial charge in [-0.1, -0.05) is 0 Å². The highest BCUT2D eigenvalue weighted by Crippen LogP contribution is 2.21. The average molecular weight is 165 g/mol. The van der Waals surface area contributed by atoms with Crippen LogP contribution in [0.5, 0.6) is 0 Å². The van der Waals surface area contributed by atoms with Crippen molar-refractivity contribution < 1.29 is 4.74 Å². The molecule has 0 radical (unpaired) electrons. The Hall–Kier alpha value is -1.29. The molecule has 0 saturated carbocycles. The zero-order valence-electron chi connectivity index (χ0n) is 6.68. The van der Waals surface area contributed by atoms with Gasteiger partial charge in [0.05, 0.1) is 11.9 Å². The van der Waals surface area contributed by atoms with Crippen LogP contribution in [0.4, 0.5) is 0 Å². The lowest BCUT2D eigenvalue weighted by molar-refractivity contribution is 0.298. The number of nitrogens with two attached hydrogens (primary N) is 1. The van der Waals surface area contributed by atoms with Crippen molar-refractivity contribution in [3.05, 3.63) is 24.4 Å². The normalized spacial score (nSPS) is 25.2. The van der Waals surface area contributed by atoms with E-state index in [4.69, 9.17) is 10.5 Å². The SMILES string of the molecule is NCCC1N=CC2=COC=CN21. The Balaban J connectivity index is 2.11. The lowest BCUT2D eigenvalue weighted by atomic mass is 10.3. The molecule has 0 aliphatic carbocycles. The zero-order chi connectivity index (χ0) is 8.39. The van der Waals surface area contributed by atoms with Crippen LogP contribution in [-0.4, -0.2) is 23.8 Å². The quantitative estimate of drug-likeness (QED) is 0.644. The second-order valence-electron chi connectivity index (χ2n) is 2.71. The summed E-state index contributed by atoms with van der Waals surface area (Å²) in [4.78, 5) is 6.34. The molecule has 1 atom stereocenters. The Morgan fingerprint density at radius 2 is 2.58 bits per heavy atom. The van der Waals surface area contributed by atoms with Crippen molar-refractivity contribution in [2.45, 2.75) is 12.6 Å². The van der Waals surface area contributed by atoms with E-state index < -0.39 is 0 Å². The fourth-order valence-electron chi connectivity index (χ4n) is 1.32. The van der Waals surface area contributed by atoms with Crippen LogP contribution in [-0.2, 0) is 4.74 Å². The molecule has 2 N–H and O–H groups in total. The van der Waals surface area contributed by atoms with Crippen molar-refractivity contribution in [3.63, 3.8) is 0 Å². The van der Waals surface area contributed by atoms with Crippen LogP contribution in [0.15, 0.2) is 29.4 Å². The van der Waals surface area contributed by atoms with Crippen LogP contribution in [0.3, 0.4) is 0 Å². The summed E-state index contributed by atoms with van der Waals surface area (Å²) in [5, 5.41) is 0. The van der Waals surface area contributed by atoms with Gasteiger partial charge in [0.25, 0.3) is 0 Å². The van der Waals surface area contributed by atoms with E-state index in [1.807, 2.05) is 12.4 Å². The van der Waals surface area contributed by atoms with E-state index in [1.54, 1.807) is 12.5 Å². The van der Waals surface area contributed by atoms with E-state index in [1.165, 1.54) is 0 Å². The van der Waals surface area contributed by atoms with Crippen molar-refractivity contribution >= 4 is 6.21 Å². The lowest BCUT2D eigenvalue weighted by Crippen LogP contribution is -2.27. The van der Waals surface area contributed by atoms with Crippen molar-refractivity contribution in [1.29, 1.82) is 0 Å². The van der Waals surface area contributed by atoms with Gasteiger partial charge < -0.3 is 15.4 Å². The highest BCUT2D eigenvalue weighted by atomic mass is 16.5. The largest absolute Gasteiger partial charge is 0.469 e. The molecule has 0 aromatic carbocycles. The minimum atomic E-state index is 0.168. The van der Waals surface area contributed by atoms with Gasteiger partial charge in [-0.3, -0.25) is 4.99 Å². The molecule has 2 aliphatic heterocycles. The highest BCUT2D eigenvalue weighted by Gasteiger charge is 2.23. The van der Waals surface area contributed by atoms with Gasteiger partial charge in [0, 0.05) is 12.6 Å². The maximum absolute atomic E-state index is 5.45. The van der Waals surface area contributed by atoms with Crippen molar-refractivity contribution in [1.82, 2.24) is 4.90 Å². The van der Waals surface area contributed by atoms with Gasteiger partial charge in [0.1, 0.15) is 18.7 Å². The predicted octanol–water partition coefficient (Wildman–Crippen LogP) is 0.391. The maximum Gasteiger partial charge on any atom is 0.126 e. The molecule has 0 bridgehead atoms. The summed E-state index contributed by atoms with van der Waals surface area (Å²) in [7, 11) is 0. The molecule has 4 nitrogen and oxygen atoms in total. The van der Waals surface area contributed by atoms with E-state index >= 15 is 0 Å². The van der Waals surface area contributed by atoms with E-state index in [9.17, 15) is 0 Å². The maximum atomic E-state index is 5.45. The number of rotatable bonds is 2. The number of fused-ring (bicyclic) bond motifs is 1. The molecule has 1 unspecified atom stereocenters. The number of allylic oxidation sites excluding steroid dienone is 1. The Morgan fingerprint density at radius 3 is 3.42 bits per heavy atom. The molecule has 2 rings (SSSR count). The van der Waals surface area contributed by atoms with Crippen LogP contribution >= 0.6 is 0 Å². The smallest absolute Gasteiger partial charge is 0.126 e. The zero-order valence-corrected chi connectivity index (χ0v) is 6.68. The van der Waals surface area contributed by atoms with Crippen LogP contribution in [0, 0.1) is 0 Å². The highest BCUT2D eigenvalue weighted by molar-refractivity contribution is 5.80. The third kappa shape index (κ3) is 1.10. The first-order chi connectivity index (χ1) is 5.92. The van der Waals surface area contributed by atoms with Crippen LogP contribution in [0.1, 0.15) is 6.42 Å². The Labute approximate surface area is 71.0 Å². The number of ether oxygens (including phenoxy) is 1. The average Bonchev–Trinajstić information content (AvgIpc) is 2.50. The number of aliphatic imine (C=N–C) groups is 1. The molecular weight excluding hydrogens is 154 g/mol. The van der Waals surface area contributed by atoms with Gasteiger partial charge >= 0.3 is 0 Å².